The minimum atomic E-state index is -1.42. The van der Waals surface area contributed by atoms with Crippen molar-refractivity contribution in [3.63, 3.8) is 0 Å². The first-order chi connectivity index (χ1) is 9.15. The quantitative estimate of drug-likeness (QED) is 0.618. The average Bonchev–Trinajstić information content (AvgIpc) is 2.27. The minimum Gasteiger partial charge on any atom is -0.480 e. The van der Waals surface area contributed by atoms with Crippen molar-refractivity contribution >= 4 is 11.9 Å². The molecule has 1 rings (SSSR count). The topological polar surface area (TPSA) is 63.6 Å². The monoisotopic (exact) mass is 284 g/mol. The molecule has 0 saturated heterocycles. The molecule has 2 atom stereocenters. The molecular formula is C16H28O4. The summed E-state index contributed by atoms with van der Waals surface area (Å²) in [6.07, 6.45) is 3.93. The zero-order valence-corrected chi connectivity index (χ0v) is 13.4. The zero-order chi connectivity index (χ0) is 15.6. The Balaban J connectivity index is 2.84. The highest BCUT2D eigenvalue weighted by Crippen LogP contribution is 2.39. The summed E-state index contributed by atoms with van der Waals surface area (Å²) in [5, 5.41) is 9.50. The van der Waals surface area contributed by atoms with Gasteiger partial charge in [-0.05, 0) is 43.4 Å². The number of hydrogen-bond donors (Lipinski definition) is 1. The molecule has 2 unspecified atom stereocenters. The van der Waals surface area contributed by atoms with Crippen LogP contribution in [0.15, 0.2) is 0 Å². The maximum absolute atomic E-state index is 12.5. The standard InChI is InChI=1S/C16H28O4/c1-6-16(11(2)3,13(17)18)14(19)20-12-8-7-9-15(4,5)10-12/h11-12H,6-10H2,1-5H3,(H,17,18). The van der Waals surface area contributed by atoms with Crippen LogP contribution in [0.2, 0.25) is 0 Å². The Hall–Kier alpha value is -1.06. The number of carbonyl (C=O) groups is 2. The van der Waals surface area contributed by atoms with Gasteiger partial charge in [0.25, 0.3) is 0 Å². The summed E-state index contributed by atoms with van der Waals surface area (Å²) < 4.78 is 5.59. The van der Waals surface area contributed by atoms with E-state index in [2.05, 4.69) is 13.8 Å². The number of esters is 1. The van der Waals surface area contributed by atoms with Crippen molar-refractivity contribution in [2.45, 2.75) is 72.8 Å². The second kappa shape index (κ2) is 6.15. The summed E-state index contributed by atoms with van der Waals surface area (Å²) in [6.45, 7) is 9.60. The van der Waals surface area contributed by atoms with Gasteiger partial charge < -0.3 is 9.84 Å². The van der Waals surface area contributed by atoms with Crippen molar-refractivity contribution in [1.29, 1.82) is 0 Å². The van der Waals surface area contributed by atoms with Crippen molar-refractivity contribution in [2.24, 2.45) is 16.7 Å². The number of ether oxygens (including phenoxy) is 1. The fraction of sp³-hybridized carbons (Fsp3) is 0.875. The third-order valence-electron chi connectivity index (χ3n) is 4.72. The summed E-state index contributed by atoms with van der Waals surface area (Å²) in [5.41, 5.74) is -1.25. The van der Waals surface area contributed by atoms with Gasteiger partial charge in [0, 0.05) is 0 Å². The largest absolute Gasteiger partial charge is 0.480 e. The molecule has 0 aromatic heterocycles. The maximum atomic E-state index is 12.5. The highest BCUT2D eigenvalue weighted by molar-refractivity contribution is 5.99. The highest BCUT2D eigenvalue weighted by Gasteiger charge is 2.50. The number of hydrogen-bond acceptors (Lipinski definition) is 3. The average molecular weight is 284 g/mol. The maximum Gasteiger partial charge on any atom is 0.324 e. The van der Waals surface area contributed by atoms with Gasteiger partial charge in [-0.15, -0.1) is 0 Å². The Labute approximate surface area is 121 Å². The molecule has 1 N–H and O–H groups in total. The smallest absolute Gasteiger partial charge is 0.324 e. The SMILES string of the molecule is CCC(C(=O)O)(C(=O)OC1CCCC(C)(C)C1)C(C)C. The van der Waals surface area contributed by atoms with Crippen LogP contribution in [0, 0.1) is 16.7 Å². The van der Waals surface area contributed by atoms with Crippen LogP contribution in [0.5, 0.6) is 0 Å². The van der Waals surface area contributed by atoms with Gasteiger partial charge in [0.2, 0.25) is 0 Å². The predicted molar refractivity (Wildman–Crippen MR) is 77.3 cm³/mol. The molecule has 1 aliphatic rings. The molecule has 0 aromatic rings. The van der Waals surface area contributed by atoms with E-state index in [1.165, 1.54) is 0 Å². The van der Waals surface area contributed by atoms with Crippen LogP contribution in [0.3, 0.4) is 0 Å². The number of carboxylic acids is 1. The zero-order valence-electron chi connectivity index (χ0n) is 13.4. The second-order valence-corrected chi connectivity index (χ2v) is 7.07. The molecule has 116 valence electrons. The van der Waals surface area contributed by atoms with Crippen LogP contribution in [0.1, 0.15) is 66.7 Å². The Morgan fingerprint density at radius 2 is 2.00 bits per heavy atom. The molecule has 1 aliphatic carbocycles. The fourth-order valence-corrected chi connectivity index (χ4v) is 3.26. The molecule has 0 heterocycles. The molecule has 0 radical (unpaired) electrons. The van der Waals surface area contributed by atoms with E-state index in [1.54, 1.807) is 20.8 Å². The first kappa shape index (κ1) is 17.0. The third kappa shape index (κ3) is 3.33. The normalized spacial score (nSPS) is 25.0. The lowest BCUT2D eigenvalue weighted by Gasteiger charge is -2.37. The molecule has 0 spiro atoms. The van der Waals surface area contributed by atoms with E-state index in [-0.39, 0.29) is 23.9 Å². The Kier molecular flexibility index (Phi) is 5.22. The van der Waals surface area contributed by atoms with Crippen LogP contribution in [-0.2, 0) is 14.3 Å². The molecule has 0 aliphatic heterocycles. The van der Waals surface area contributed by atoms with Gasteiger partial charge in [-0.1, -0.05) is 34.6 Å². The molecule has 1 fully saturated rings. The summed E-state index contributed by atoms with van der Waals surface area (Å²) in [6, 6.07) is 0. The van der Waals surface area contributed by atoms with Gasteiger partial charge in [-0.25, -0.2) is 0 Å². The van der Waals surface area contributed by atoms with Crippen molar-refractivity contribution in [1.82, 2.24) is 0 Å². The van der Waals surface area contributed by atoms with Crippen molar-refractivity contribution < 1.29 is 19.4 Å². The lowest BCUT2D eigenvalue weighted by molar-refractivity contribution is -0.178. The van der Waals surface area contributed by atoms with E-state index in [0.29, 0.717) is 0 Å². The van der Waals surface area contributed by atoms with Gasteiger partial charge >= 0.3 is 11.9 Å². The van der Waals surface area contributed by atoms with E-state index in [0.717, 1.165) is 25.7 Å². The summed E-state index contributed by atoms with van der Waals surface area (Å²) in [7, 11) is 0. The van der Waals surface area contributed by atoms with Gasteiger partial charge in [0.05, 0.1) is 0 Å². The number of carbonyl (C=O) groups excluding carboxylic acids is 1. The predicted octanol–water partition coefficient (Wildman–Crippen LogP) is 3.64. The highest BCUT2D eigenvalue weighted by atomic mass is 16.5. The second-order valence-electron chi connectivity index (χ2n) is 7.07. The summed E-state index contributed by atoms with van der Waals surface area (Å²) in [5.74, 6) is -1.92. The molecule has 20 heavy (non-hydrogen) atoms. The van der Waals surface area contributed by atoms with Crippen LogP contribution in [0.4, 0.5) is 0 Å². The Bertz CT molecular complexity index is 373. The molecule has 4 heteroatoms. The Morgan fingerprint density at radius 1 is 1.40 bits per heavy atom. The van der Waals surface area contributed by atoms with Crippen LogP contribution >= 0.6 is 0 Å². The van der Waals surface area contributed by atoms with Crippen LogP contribution in [0.25, 0.3) is 0 Å². The van der Waals surface area contributed by atoms with Crippen molar-refractivity contribution in [3.8, 4) is 0 Å². The molecule has 4 nitrogen and oxygen atoms in total. The number of carboxylic acid groups (broad SMARTS) is 1. The van der Waals surface area contributed by atoms with Gasteiger partial charge in [0.15, 0.2) is 5.41 Å². The molecule has 1 saturated carbocycles. The van der Waals surface area contributed by atoms with E-state index in [9.17, 15) is 14.7 Å². The fourth-order valence-electron chi connectivity index (χ4n) is 3.26. The number of rotatable bonds is 5. The van der Waals surface area contributed by atoms with Crippen molar-refractivity contribution in [3.05, 3.63) is 0 Å². The summed E-state index contributed by atoms with van der Waals surface area (Å²) >= 11 is 0. The first-order valence-corrected chi connectivity index (χ1v) is 7.60. The van der Waals surface area contributed by atoms with Gasteiger partial charge in [-0.2, -0.15) is 0 Å². The molecule has 0 bridgehead atoms. The van der Waals surface area contributed by atoms with Crippen LogP contribution in [-0.4, -0.2) is 23.1 Å². The van der Waals surface area contributed by atoms with Crippen LogP contribution < -0.4 is 0 Å². The van der Waals surface area contributed by atoms with E-state index >= 15 is 0 Å². The van der Waals surface area contributed by atoms with E-state index in [1.807, 2.05) is 0 Å². The van der Waals surface area contributed by atoms with Gasteiger partial charge in [0.1, 0.15) is 6.10 Å². The Morgan fingerprint density at radius 3 is 2.40 bits per heavy atom. The van der Waals surface area contributed by atoms with Crippen molar-refractivity contribution in [2.75, 3.05) is 0 Å². The van der Waals surface area contributed by atoms with E-state index < -0.39 is 17.4 Å². The molecule has 0 aromatic carbocycles. The van der Waals surface area contributed by atoms with E-state index in [4.69, 9.17) is 4.74 Å². The molecule has 0 amide bonds. The lowest BCUT2D eigenvalue weighted by Crippen LogP contribution is -2.46. The summed E-state index contributed by atoms with van der Waals surface area (Å²) in [4.78, 5) is 24.1. The number of aliphatic carboxylic acids is 1. The minimum absolute atomic E-state index is 0.143. The van der Waals surface area contributed by atoms with Gasteiger partial charge in [-0.3, -0.25) is 9.59 Å². The third-order valence-corrected chi connectivity index (χ3v) is 4.72. The molecular weight excluding hydrogens is 256 g/mol. The lowest BCUT2D eigenvalue weighted by atomic mass is 9.74. The first-order valence-electron chi connectivity index (χ1n) is 7.60.